The number of fused-ring (bicyclic) bond motifs is 2. The third-order valence-corrected chi connectivity index (χ3v) is 7.34. The Morgan fingerprint density at radius 3 is 2.81 bits per heavy atom. The molecule has 0 fully saturated rings. The van der Waals surface area contributed by atoms with E-state index in [2.05, 4.69) is 20.6 Å². The van der Waals surface area contributed by atoms with Gasteiger partial charge in [-0.05, 0) is 29.6 Å². The molecular formula is C21H15N5O3S3. The van der Waals surface area contributed by atoms with E-state index < -0.39 is 0 Å². The van der Waals surface area contributed by atoms with Gasteiger partial charge in [0.15, 0.2) is 5.13 Å². The highest BCUT2D eigenvalue weighted by Crippen LogP contribution is 2.33. The molecule has 0 saturated carbocycles. The van der Waals surface area contributed by atoms with Gasteiger partial charge in [-0.1, -0.05) is 17.4 Å². The van der Waals surface area contributed by atoms with E-state index in [1.54, 1.807) is 29.5 Å². The normalized spacial score (nSPS) is 11.2. The van der Waals surface area contributed by atoms with Gasteiger partial charge in [0.2, 0.25) is 11.8 Å². The molecule has 4 aromatic heterocycles. The maximum absolute atomic E-state index is 13.1. The van der Waals surface area contributed by atoms with Crippen LogP contribution in [0.3, 0.4) is 0 Å². The van der Waals surface area contributed by atoms with E-state index in [1.165, 1.54) is 40.5 Å². The highest BCUT2D eigenvalue weighted by atomic mass is 32.1. The minimum Gasteiger partial charge on any atom is -0.326 e. The monoisotopic (exact) mass is 481 g/mol. The highest BCUT2D eigenvalue weighted by Gasteiger charge is 2.16. The van der Waals surface area contributed by atoms with Gasteiger partial charge in [-0.3, -0.25) is 19.0 Å². The number of thiophene rings is 2. The molecule has 1 aromatic carbocycles. The van der Waals surface area contributed by atoms with Gasteiger partial charge < -0.3 is 10.6 Å². The van der Waals surface area contributed by atoms with Gasteiger partial charge in [0.25, 0.3) is 5.56 Å². The quantitative estimate of drug-likeness (QED) is 0.387. The Morgan fingerprint density at radius 2 is 2.03 bits per heavy atom. The summed E-state index contributed by atoms with van der Waals surface area (Å²) in [6, 6.07) is 9.22. The van der Waals surface area contributed by atoms with Crippen molar-refractivity contribution in [3.05, 3.63) is 57.8 Å². The van der Waals surface area contributed by atoms with Gasteiger partial charge in [0, 0.05) is 28.4 Å². The molecule has 2 amide bonds. The number of nitrogens with zero attached hydrogens (tertiary/aromatic N) is 3. The minimum atomic E-state index is -0.373. The lowest BCUT2D eigenvalue weighted by Gasteiger charge is -2.05. The summed E-state index contributed by atoms with van der Waals surface area (Å²) in [5.74, 6) is -0.534. The number of anilines is 2. The van der Waals surface area contributed by atoms with Crippen LogP contribution in [0, 0.1) is 0 Å². The molecule has 2 N–H and O–H groups in total. The van der Waals surface area contributed by atoms with Crippen LogP contribution in [-0.2, 0) is 16.1 Å². The number of benzene rings is 1. The maximum atomic E-state index is 13.1. The van der Waals surface area contributed by atoms with Gasteiger partial charge >= 0.3 is 0 Å². The van der Waals surface area contributed by atoms with Crippen LogP contribution in [0.4, 0.5) is 10.8 Å². The van der Waals surface area contributed by atoms with Crippen LogP contribution < -0.4 is 16.2 Å². The average Bonchev–Trinajstić information content (AvgIpc) is 3.48. The Bertz CT molecular complexity index is 1530. The molecule has 0 radical (unpaired) electrons. The Labute approximate surface area is 193 Å². The van der Waals surface area contributed by atoms with Crippen molar-refractivity contribution < 1.29 is 9.59 Å². The van der Waals surface area contributed by atoms with Gasteiger partial charge in [0.1, 0.15) is 11.4 Å². The van der Waals surface area contributed by atoms with Crippen LogP contribution in [0.5, 0.6) is 0 Å². The summed E-state index contributed by atoms with van der Waals surface area (Å²) in [5.41, 5.74) is 1.96. The number of amides is 2. The Morgan fingerprint density at radius 1 is 1.16 bits per heavy atom. The zero-order valence-electron chi connectivity index (χ0n) is 16.6. The van der Waals surface area contributed by atoms with Crippen LogP contribution in [0.1, 0.15) is 6.92 Å². The molecule has 0 aliphatic heterocycles. The van der Waals surface area contributed by atoms with E-state index in [0.29, 0.717) is 26.6 Å². The molecule has 11 heteroatoms. The van der Waals surface area contributed by atoms with Crippen LogP contribution in [0.2, 0.25) is 0 Å². The van der Waals surface area contributed by atoms with E-state index in [-0.39, 0.29) is 23.9 Å². The average molecular weight is 482 g/mol. The summed E-state index contributed by atoms with van der Waals surface area (Å²) in [7, 11) is 0. The second-order valence-corrected chi connectivity index (χ2v) is 9.75. The molecule has 0 saturated heterocycles. The Kier molecular flexibility index (Phi) is 5.29. The molecule has 0 aliphatic carbocycles. The molecule has 32 heavy (non-hydrogen) atoms. The smallest absolute Gasteiger partial charge is 0.263 e. The number of carbonyl (C=O) groups is 2. The van der Waals surface area contributed by atoms with Crippen molar-refractivity contribution in [2.75, 3.05) is 10.6 Å². The van der Waals surface area contributed by atoms with Gasteiger partial charge in [-0.15, -0.1) is 22.7 Å². The Hall–Kier alpha value is -3.41. The highest BCUT2D eigenvalue weighted by molar-refractivity contribution is 7.22. The van der Waals surface area contributed by atoms with Crippen molar-refractivity contribution in [1.82, 2.24) is 14.5 Å². The van der Waals surface area contributed by atoms with E-state index in [0.717, 1.165) is 15.1 Å². The SMILES string of the molecule is CC(=O)Nc1ccc2nc(NC(=O)Cn3cnc4scc(-c5cccs5)c4c3=O)sc2c1. The molecule has 0 spiro atoms. The summed E-state index contributed by atoms with van der Waals surface area (Å²) >= 11 is 4.26. The summed E-state index contributed by atoms with van der Waals surface area (Å²) in [6.07, 6.45) is 1.40. The molecule has 0 aliphatic rings. The molecular weight excluding hydrogens is 466 g/mol. The maximum Gasteiger partial charge on any atom is 0.263 e. The predicted molar refractivity (Wildman–Crippen MR) is 130 cm³/mol. The minimum absolute atomic E-state index is 0.161. The first-order valence-electron chi connectivity index (χ1n) is 9.46. The molecule has 0 atom stereocenters. The first-order valence-corrected chi connectivity index (χ1v) is 12.0. The molecule has 4 heterocycles. The third-order valence-electron chi connectivity index (χ3n) is 4.62. The molecule has 0 bridgehead atoms. The number of thiazole rings is 1. The van der Waals surface area contributed by atoms with E-state index in [1.807, 2.05) is 22.9 Å². The van der Waals surface area contributed by atoms with Crippen LogP contribution >= 0.6 is 34.0 Å². The number of nitrogens with one attached hydrogen (secondary N) is 2. The zero-order chi connectivity index (χ0) is 22.2. The number of aromatic nitrogens is 3. The van der Waals surface area contributed by atoms with Crippen molar-refractivity contribution in [3.63, 3.8) is 0 Å². The second-order valence-electron chi connectivity index (χ2n) is 6.92. The molecule has 5 aromatic rings. The lowest BCUT2D eigenvalue weighted by atomic mass is 10.2. The Balaban J connectivity index is 1.38. The van der Waals surface area contributed by atoms with Crippen molar-refractivity contribution in [2.24, 2.45) is 0 Å². The lowest BCUT2D eigenvalue weighted by Crippen LogP contribution is -2.27. The molecule has 160 valence electrons. The third kappa shape index (κ3) is 3.93. The standard InChI is InChI=1S/C21H15N5O3S3/c1-11(27)23-12-4-5-14-16(7-12)32-21(24-14)25-17(28)8-26-10-22-19-18(20(26)29)13(9-31-19)15-3-2-6-30-15/h2-7,9-10H,8H2,1H3,(H,23,27)(H,24,25,28). The summed E-state index contributed by atoms with van der Waals surface area (Å²) < 4.78 is 2.13. The predicted octanol–water partition coefficient (Wildman–Crippen LogP) is 4.39. The number of rotatable bonds is 5. The van der Waals surface area contributed by atoms with Gasteiger partial charge in [-0.25, -0.2) is 9.97 Å². The lowest BCUT2D eigenvalue weighted by molar-refractivity contribution is -0.117. The first-order chi connectivity index (χ1) is 15.5. The fraction of sp³-hybridized carbons (Fsp3) is 0.0952. The van der Waals surface area contributed by atoms with E-state index >= 15 is 0 Å². The molecule has 8 nitrogen and oxygen atoms in total. The van der Waals surface area contributed by atoms with Crippen molar-refractivity contribution in [2.45, 2.75) is 13.5 Å². The van der Waals surface area contributed by atoms with Gasteiger partial charge in [0.05, 0.1) is 21.9 Å². The van der Waals surface area contributed by atoms with Crippen molar-refractivity contribution in [1.29, 1.82) is 0 Å². The van der Waals surface area contributed by atoms with Crippen LogP contribution in [0.25, 0.3) is 30.9 Å². The van der Waals surface area contributed by atoms with Crippen LogP contribution in [-0.4, -0.2) is 26.3 Å². The fourth-order valence-electron chi connectivity index (χ4n) is 3.27. The van der Waals surface area contributed by atoms with Crippen LogP contribution in [0.15, 0.2) is 52.2 Å². The number of hydrogen-bond donors (Lipinski definition) is 2. The second kappa shape index (κ2) is 8.26. The summed E-state index contributed by atoms with van der Waals surface area (Å²) in [5, 5.41) is 10.3. The molecule has 5 rings (SSSR count). The molecule has 0 unspecified atom stereocenters. The van der Waals surface area contributed by atoms with Crippen molar-refractivity contribution >= 4 is 77.1 Å². The fourth-order valence-corrected chi connectivity index (χ4v) is 5.91. The number of hydrogen-bond acceptors (Lipinski definition) is 8. The zero-order valence-corrected chi connectivity index (χ0v) is 19.1. The van der Waals surface area contributed by atoms with E-state index in [4.69, 9.17) is 0 Å². The topological polar surface area (TPSA) is 106 Å². The van der Waals surface area contributed by atoms with E-state index in [9.17, 15) is 14.4 Å². The summed E-state index contributed by atoms with van der Waals surface area (Å²) in [4.78, 5) is 47.3. The van der Waals surface area contributed by atoms with Crippen molar-refractivity contribution in [3.8, 4) is 10.4 Å². The first kappa shape index (κ1) is 20.5. The number of carbonyl (C=O) groups excluding carboxylic acids is 2. The largest absolute Gasteiger partial charge is 0.326 e. The van der Waals surface area contributed by atoms with Gasteiger partial charge in [-0.2, -0.15) is 0 Å². The summed E-state index contributed by atoms with van der Waals surface area (Å²) in [6.45, 7) is 1.27.